The highest BCUT2D eigenvalue weighted by Crippen LogP contribution is 2.25. The zero-order valence-electron chi connectivity index (χ0n) is 12.6. The van der Waals surface area contributed by atoms with Crippen LogP contribution in [-0.4, -0.2) is 38.0 Å². The normalized spacial score (nSPS) is 13.6. The number of methoxy groups -OCH3 is 1. The van der Waals surface area contributed by atoms with Crippen molar-refractivity contribution in [3.63, 3.8) is 0 Å². The number of hydrogen-bond acceptors (Lipinski definition) is 5. The van der Waals surface area contributed by atoms with E-state index >= 15 is 0 Å². The third kappa shape index (κ3) is 4.72. The molecule has 1 aromatic rings. The molecular formula is C15H23NO3S. The number of likely N-dealkylation sites (N-methyl/N-ethyl adjacent to an activating group) is 1. The molecule has 1 unspecified atom stereocenters. The summed E-state index contributed by atoms with van der Waals surface area (Å²) in [7, 11) is 3.44. The molecule has 0 radical (unpaired) electrons. The van der Waals surface area contributed by atoms with E-state index < -0.39 is 5.54 Å². The zero-order chi connectivity index (χ0) is 15.0. The van der Waals surface area contributed by atoms with E-state index in [4.69, 9.17) is 9.47 Å². The molecule has 0 aliphatic rings. The minimum atomic E-state index is -0.637. The average Bonchev–Trinajstić information content (AvgIpc) is 2.47. The van der Waals surface area contributed by atoms with Crippen LogP contribution in [0.5, 0.6) is 5.75 Å². The van der Waals surface area contributed by atoms with Gasteiger partial charge >= 0.3 is 5.97 Å². The molecule has 1 N–H and O–H groups in total. The third-order valence-electron chi connectivity index (χ3n) is 3.19. The second kappa shape index (κ2) is 8.17. The van der Waals surface area contributed by atoms with E-state index in [-0.39, 0.29) is 5.97 Å². The van der Waals surface area contributed by atoms with Gasteiger partial charge in [0.05, 0.1) is 13.7 Å². The highest BCUT2D eigenvalue weighted by molar-refractivity contribution is 7.99. The van der Waals surface area contributed by atoms with Crippen molar-refractivity contribution in [2.75, 3.05) is 26.5 Å². The average molecular weight is 297 g/mol. The summed E-state index contributed by atoms with van der Waals surface area (Å²) in [6, 6.07) is 7.91. The number of carbonyl (C=O) groups excluding carboxylic acids is 1. The molecule has 20 heavy (non-hydrogen) atoms. The molecule has 0 bridgehead atoms. The number of carbonyl (C=O) groups is 1. The summed E-state index contributed by atoms with van der Waals surface area (Å²) < 4.78 is 10.3. The van der Waals surface area contributed by atoms with E-state index in [1.807, 2.05) is 38.1 Å². The van der Waals surface area contributed by atoms with Crippen LogP contribution in [0.3, 0.4) is 0 Å². The maximum Gasteiger partial charge on any atom is 0.326 e. The molecule has 1 atom stereocenters. The van der Waals surface area contributed by atoms with Crippen LogP contribution in [-0.2, 0) is 9.53 Å². The molecule has 4 nitrogen and oxygen atoms in total. The molecule has 0 aliphatic heterocycles. The van der Waals surface area contributed by atoms with E-state index in [0.29, 0.717) is 13.0 Å². The topological polar surface area (TPSA) is 47.6 Å². The smallest absolute Gasteiger partial charge is 0.326 e. The van der Waals surface area contributed by atoms with Gasteiger partial charge in [0.2, 0.25) is 0 Å². The van der Waals surface area contributed by atoms with Gasteiger partial charge in [-0.05, 0) is 45.5 Å². The number of thioether (sulfide) groups is 1. The molecule has 5 heteroatoms. The van der Waals surface area contributed by atoms with Crippen molar-refractivity contribution in [3.8, 4) is 5.75 Å². The van der Waals surface area contributed by atoms with Gasteiger partial charge in [-0.15, -0.1) is 11.8 Å². The number of benzene rings is 1. The molecule has 0 spiro atoms. The van der Waals surface area contributed by atoms with Crippen LogP contribution in [0.25, 0.3) is 0 Å². The summed E-state index contributed by atoms with van der Waals surface area (Å²) in [6.45, 7) is 4.09. The summed E-state index contributed by atoms with van der Waals surface area (Å²) >= 11 is 1.70. The first kappa shape index (κ1) is 16.9. The minimum Gasteiger partial charge on any atom is -0.497 e. The van der Waals surface area contributed by atoms with E-state index in [1.165, 1.54) is 0 Å². The van der Waals surface area contributed by atoms with Gasteiger partial charge in [0.25, 0.3) is 0 Å². The number of esters is 1. The van der Waals surface area contributed by atoms with Gasteiger partial charge in [-0.1, -0.05) is 6.07 Å². The largest absolute Gasteiger partial charge is 0.497 e. The van der Waals surface area contributed by atoms with Crippen molar-refractivity contribution < 1.29 is 14.3 Å². The fourth-order valence-corrected chi connectivity index (χ4v) is 2.80. The molecule has 0 amide bonds. The molecule has 0 saturated carbocycles. The minimum absolute atomic E-state index is 0.200. The molecule has 1 rings (SSSR count). The Kier molecular flexibility index (Phi) is 6.88. The highest BCUT2D eigenvalue weighted by Gasteiger charge is 2.32. The Labute approximate surface area is 125 Å². The van der Waals surface area contributed by atoms with E-state index in [9.17, 15) is 4.79 Å². The lowest BCUT2D eigenvalue weighted by molar-refractivity contribution is -0.150. The highest BCUT2D eigenvalue weighted by atomic mass is 32.2. The van der Waals surface area contributed by atoms with Gasteiger partial charge in [-0.3, -0.25) is 4.79 Å². The Bertz CT molecular complexity index is 439. The summed E-state index contributed by atoms with van der Waals surface area (Å²) in [5, 5.41) is 3.06. The van der Waals surface area contributed by atoms with Crippen molar-refractivity contribution in [3.05, 3.63) is 24.3 Å². The molecular weight excluding hydrogens is 274 g/mol. The molecule has 0 heterocycles. The lowest BCUT2D eigenvalue weighted by Gasteiger charge is -2.26. The van der Waals surface area contributed by atoms with E-state index in [1.54, 1.807) is 25.9 Å². The summed E-state index contributed by atoms with van der Waals surface area (Å²) in [5.74, 6) is 1.47. The maximum absolute atomic E-state index is 11.9. The monoisotopic (exact) mass is 297 g/mol. The van der Waals surface area contributed by atoms with Gasteiger partial charge in [0.1, 0.15) is 11.3 Å². The standard InChI is InChI=1S/C15H23NO3S/c1-5-19-14(17)15(2,16-3)9-10-20-13-8-6-7-12(11-13)18-4/h6-8,11,16H,5,9-10H2,1-4H3. The summed E-state index contributed by atoms with van der Waals surface area (Å²) in [5.41, 5.74) is -0.637. The van der Waals surface area contributed by atoms with Crippen LogP contribution < -0.4 is 10.1 Å². The van der Waals surface area contributed by atoms with Crippen molar-refractivity contribution in [2.24, 2.45) is 0 Å². The predicted octanol–water partition coefficient (Wildman–Crippen LogP) is 2.72. The summed E-state index contributed by atoms with van der Waals surface area (Å²) in [6.07, 6.45) is 0.699. The zero-order valence-corrected chi connectivity index (χ0v) is 13.4. The first-order valence-electron chi connectivity index (χ1n) is 6.68. The number of rotatable bonds is 8. The van der Waals surface area contributed by atoms with Gasteiger partial charge in [0, 0.05) is 10.6 Å². The predicted molar refractivity (Wildman–Crippen MR) is 82.4 cm³/mol. The van der Waals surface area contributed by atoms with Crippen molar-refractivity contribution in [1.29, 1.82) is 0 Å². The number of nitrogens with one attached hydrogen (secondary N) is 1. The number of hydrogen-bond donors (Lipinski definition) is 1. The fraction of sp³-hybridized carbons (Fsp3) is 0.533. The Morgan fingerprint density at radius 1 is 1.45 bits per heavy atom. The van der Waals surface area contributed by atoms with Crippen molar-refractivity contribution in [1.82, 2.24) is 5.32 Å². The SMILES string of the molecule is CCOC(=O)C(C)(CCSc1cccc(OC)c1)NC. The number of ether oxygens (including phenoxy) is 2. The van der Waals surface area contributed by atoms with Crippen LogP contribution in [0, 0.1) is 0 Å². The molecule has 112 valence electrons. The molecule has 0 fully saturated rings. The van der Waals surface area contributed by atoms with Crippen molar-refractivity contribution >= 4 is 17.7 Å². The van der Waals surface area contributed by atoms with Gasteiger partial charge < -0.3 is 14.8 Å². The molecule has 0 aliphatic carbocycles. The van der Waals surface area contributed by atoms with Gasteiger partial charge in [0.15, 0.2) is 0 Å². The van der Waals surface area contributed by atoms with Crippen LogP contribution in [0.2, 0.25) is 0 Å². The van der Waals surface area contributed by atoms with Gasteiger partial charge in [-0.25, -0.2) is 0 Å². The Morgan fingerprint density at radius 3 is 2.80 bits per heavy atom. The molecule has 0 saturated heterocycles. The molecule has 0 aromatic heterocycles. The maximum atomic E-state index is 11.9. The second-order valence-electron chi connectivity index (χ2n) is 4.58. The fourth-order valence-electron chi connectivity index (χ4n) is 1.68. The first-order chi connectivity index (χ1) is 9.55. The van der Waals surface area contributed by atoms with Crippen LogP contribution in [0.15, 0.2) is 29.2 Å². The van der Waals surface area contributed by atoms with Gasteiger partial charge in [-0.2, -0.15) is 0 Å². The lowest BCUT2D eigenvalue weighted by atomic mass is 10.00. The Morgan fingerprint density at radius 2 is 2.20 bits per heavy atom. The summed E-state index contributed by atoms with van der Waals surface area (Å²) in [4.78, 5) is 13.1. The van der Waals surface area contributed by atoms with Crippen LogP contribution in [0.4, 0.5) is 0 Å². The van der Waals surface area contributed by atoms with E-state index in [2.05, 4.69) is 5.32 Å². The lowest BCUT2D eigenvalue weighted by Crippen LogP contribution is -2.49. The molecule has 1 aromatic carbocycles. The second-order valence-corrected chi connectivity index (χ2v) is 5.75. The van der Waals surface area contributed by atoms with Crippen molar-refractivity contribution in [2.45, 2.75) is 30.7 Å². The third-order valence-corrected chi connectivity index (χ3v) is 4.19. The van der Waals surface area contributed by atoms with Crippen LogP contribution in [0.1, 0.15) is 20.3 Å². The van der Waals surface area contributed by atoms with Crippen LogP contribution >= 0.6 is 11.8 Å². The first-order valence-corrected chi connectivity index (χ1v) is 7.67. The Balaban J connectivity index is 2.54. The quantitative estimate of drug-likeness (QED) is 0.590. The van der Waals surface area contributed by atoms with E-state index in [0.717, 1.165) is 16.4 Å². The Hall–Kier alpha value is -1.20.